The van der Waals surface area contributed by atoms with Crippen LogP contribution in [0.4, 0.5) is 0 Å². The van der Waals surface area contributed by atoms with E-state index in [0.717, 1.165) is 55.4 Å². The molecular formula is C18H22N2O2. The van der Waals surface area contributed by atoms with Crippen LogP contribution in [0.25, 0.3) is 21.9 Å². The van der Waals surface area contributed by atoms with Crippen molar-refractivity contribution in [2.45, 2.75) is 27.3 Å². The van der Waals surface area contributed by atoms with Gasteiger partial charge in [0.1, 0.15) is 22.7 Å². The molecule has 1 saturated heterocycles. The topological polar surface area (TPSA) is 41.5 Å². The van der Waals surface area contributed by atoms with Crippen molar-refractivity contribution < 1.29 is 8.83 Å². The van der Waals surface area contributed by atoms with E-state index in [9.17, 15) is 0 Å². The van der Waals surface area contributed by atoms with Crippen LogP contribution < -0.4 is 5.32 Å². The summed E-state index contributed by atoms with van der Waals surface area (Å²) in [6.07, 6.45) is 0. The van der Waals surface area contributed by atoms with E-state index in [0.29, 0.717) is 0 Å². The van der Waals surface area contributed by atoms with E-state index in [-0.39, 0.29) is 0 Å². The number of furan rings is 2. The van der Waals surface area contributed by atoms with Crippen LogP contribution in [-0.2, 0) is 6.54 Å². The summed E-state index contributed by atoms with van der Waals surface area (Å²) in [6, 6.07) is 4.28. The molecule has 0 radical (unpaired) electrons. The Morgan fingerprint density at radius 1 is 0.955 bits per heavy atom. The number of hydrogen-bond acceptors (Lipinski definition) is 4. The molecule has 1 aromatic carbocycles. The standard InChI is InChI=1S/C18H22N2O2/c1-11-8-14-13(3)17-15(9-12(2)21-17)16(18(14)22-11)10-20-6-4-19-5-7-20/h8-9,19H,4-7,10H2,1-3H3. The lowest BCUT2D eigenvalue weighted by molar-refractivity contribution is 0.234. The van der Waals surface area contributed by atoms with Gasteiger partial charge in [-0.2, -0.15) is 0 Å². The molecule has 0 aliphatic carbocycles. The summed E-state index contributed by atoms with van der Waals surface area (Å²) in [5, 5.41) is 5.80. The lowest BCUT2D eigenvalue weighted by Crippen LogP contribution is -2.42. The zero-order valence-corrected chi connectivity index (χ0v) is 13.5. The summed E-state index contributed by atoms with van der Waals surface area (Å²) in [4.78, 5) is 2.49. The zero-order valence-electron chi connectivity index (χ0n) is 13.5. The Hall–Kier alpha value is -1.78. The first-order chi connectivity index (χ1) is 10.6. The molecule has 4 nitrogen and oxygen atoms in total. The van der Waals surface area contributed by atoms with Crippen LogP contribution in [0.2, 0.25) is 0 Å². The van der Waals surface area contributed by atoms with Crippen molar-refractivity contribution in [3.8, 4) is 0 Å². The third-order valence-corrected chi connectivity index (χ3v) is 4.65. The van der Waals surface area contributed by atoms with Crippen LogP contribution in [0.1, 0.15) is 22.6 Å². The predicted molar refractivity (Wildman–Crippen MR) is 88.3 cm³/mol. The van der Waals surface area contributed by atoms with Crippen molar-refractivity contribution >= 4 is 21.9 Å². The second kappa shape index (κ2) is 5.14. The fourth-order valence-electron chi connectivity index (χ4n) is 3.53. The minimum absolute atomic E-state index is 0.918. The summed E-state index contributed by atoms with van der Waals surface area (Å²) >= 11 is 0. The normalized spacial score (nSPS) is 16.9. The van der Waals surface area contributed by atoms with Gasteiger partial charge in [0.25, 0.3) is 0 Å². The highest BCUT2D eigenvalue weighted by molar-refractivity contribution is 6.01. The van der Waals surface area contributed by atoms with Gasteiger partial charge in [0.05, 0.1) is 0 Å². The van der Waals surface area contributed by atoms with Crippen LogP contribution in [0.15, 0.2) is 21.0 Å². The van der Waals surface area contributed by atoms with Crippen LogP contribution >= 0.6 is 0 Å². The minimum Gasteiger partial charge on any atom is -0.461 e. The molecule has 0 atom stereocenters. The molecule has 0 spiro atoms. The molecule has 116 valence electrons. The quantitative estimate of drug-likeness (QED) is 0.786. The highest BCUT2D eigenvalue weighted by atomic mass is 16.3. The predicted octanol–water partition coefficient (Wildman–Crippen LogP) is 3.51. The lowest BCUT2D eigenvalue weighted by Gasteiger charge is -2.27. The summed E-state index contributed by atoms with van der Waals surface area (Å²) in [6.45, 7) is 11.3. The highest BCUT2D eigenvalue weighted by Gasteiger charge is 2.21. The Balaban J connectivity index is 1.93. The average molecular weight is 298 g/mol. The fourth-order valence-corrected chi connectivity index (χ4v) is 3.53. The van der Waals surface area contributed by atoms with Gasteiger partial charge in [0.15, 0.2) is 0 Å². The molecule has 0 bridgehead atoms. The molecule has 1 aliphatic rings. The monoisotopic (exact) mass is 298 g/mol. The number of piperazine rings is 1. The first kappa shape index (κ1) is 13.9. The van der Waals surface area contributed by atoms with Gasteiger partial charge in [-0.05, 0) is 32.9 Å². The van der Waals surface area contributed by atoms with E-state index in [1.165, 1.54) is 21.9 Å². The first-order valence-corrected chi connectivity index (χ1v) is 7.98. The molecule has 1 fully saturated rings. The Morgan fingerprint density at radius 3 is 2.32 bits per heavy atom. The average Bonchev–Trinajstić information content (AvgIpc) is 3.08. The second-order valence-electron chi connectivity index (χ2n) is 6.33. The third kappa shape index (κ3) is 2.14. The van der Waals surface area contributed by atoms with Crippen molar-refractivity contribution in [1.29, 1.82) is 0 Å². The molecule has 4 rings (SSSR count). The number of hydrogen-bond donors (Lipinski definition) is 1. The van der Waals surface area contributed by atoms with E-state index in [1.807, 2.05) is 13.8 Å². The van der Waals surface area contributed by atoms with Crippen molar-refractivity contribution in [1.82, 2.24) is 10.2 Å². The van der Waals surface area contributed by atoms with Crippen LogP contribution in [0.3, 0.4) is 0 Å². The van der Waals surface area contributed by atoms with E-state index in [2.05, 4.69) is 29.3 Å². The van der Waals surface area contributed by atoms with Crippen molar-refractivity contribution in [3.05, 3.63) is 34.8 Å². The van der Waals surface area contributed by atoms with Gasteiger partial charge in [-0.25, -0.2) is 0 Å². The first-order valence-electron chi connectivity index (χ1n) is 7.98. The molecule has 0 unspecified atom stereocenters. The van der Waals surface area contributed by atoms with Crippen LogP contribution in [0.5, 0.6) is 0 Å². The van der Waals surface area contributed by atoms with Gasteiger partial charge in [-0.3, -0.25) is 4.90 Å². The SMILES string of the molecule is Cc1cc2c(CN3CCNCC3)c3oc(C)cc3c(C)c2o1. The summed E-state index contributed by atoms with van der Waals surface area (Å²) < 4.78 is 12.0. The molecule has 3 heterocycles. The van der Waals surface area contributed by atoms with E-state index in [4.69, 9.17) is 8.83 Å². The van der Waals surface area contributed by atoms with Gasteiger partial charge in [-0.1, -0.05) is 0 Å². The molecular weight excluding hydrogens is 276 g/mol. The van der Waals surface area contributed by atoms with E-state index >= 15 is 0 Å². The number of nitrogens with zero attached hydrogens (tertiary/aromatic N) is 1. The van der Waals surface area contributed by atoms with Gasteiger partial charge >= 0.3 is 0 Å². The Bertz CT molecular complexity index is 780. The van der Waals surface area contributed by atoms with E-state index in [1.54, 1.807) is 0 Å². The number of aryl methyl sites for hydroxylation is 3. The minimum atomic E-state index is 0.918. The molecule has 0 amide bonds. The Morgan fingerprint density at radius 2 is 1.59 bits per heavy atom. The summed E-state index contributed by atoms with van der Waals surface area (Å²) in [5.41, 5.74) is 4.49. The summed E-state index contributed by atoms with van der Waals surface area (Å²) in [5.74, 6) is 1.92. The van der Waals surface area contributed by atoms with E-state index < -0.39 is 0 Å². The molecule has 1 aliphatic heterocycles. The molecule has 0 saturated carbocycles. The number of nitrogens with one attached hydrogen (secondary N) is 1. The fraction of sp³-hybridized carbons (Fsp3) is 0.444. The lowest BCUT2D eigenvalue weighted by atomic mass is 10.0. The summed E-state index contributed by atoms with van der Waals surface area (Å²) in [7, 11) is 0. The van der Waals surface area contributed by atoms with Crippen LogP contribution in [0, 0.1) is 20.8 Å². The van der Waals surface area contributed by atoms with Crippen LogP contribution in [-0.4, -0.2) is 31.1 Å². The molecule has 3 aromatic rings. The van der Waals surface area contributed by atoms with Gasteiger partial charge in [0, 0.05) is 54.6 Å². The Kier molecular flexibility index (Phi) is 3.24. The molecule has 2 aromatic heterocycles. The largest absolute Gasteiger partial charge is 0.461 e. The highest BCUT2D eigenvalue weighted by Crippen LogP contribution is 2.36. The molecule has 1 N–H and O–H groups in total. The van der Waals surface area contributed by atoms with Crippen molar-refractivity contribution in [2.24, 2.45) is 0 Å². The maximum absolute atomic E-state index is 6.05. The Labute approximate surface area is 130 Å². The molecule has 22 heavy (non-hydrogen) atoms. The van der Waals surface area contributed by atoms with Gasteiger partial charge in [-0.15, -0.1) is 0 Å². The van der Waals surface area contributed by atoms with Gasteiger partial charge in [0.2, 0.25) is 0 Å². The maximum Gasteiger partial charge on any atom is 0.139 e. The third-order valence-electron chi connectivity index (χ3n) is 4.65. The van der Waals surface area contributed by atoms with Crippen molar-refractivity contribution in [2.75, 3.05) is 26.2 Å². The zero-order chi connectivity index (χ0) is 15.3. The number of benzene rings is 1. The maximum atomic E-state index is 6.05. The second-order valence-corrected chi connectivity index (χ2v) is 6.33. The molecule has 4 heteroatoms. The van der Waals surface area contributed by atoms with Crippen molar-refractivity contribution in [3.63, 3.8) is 0 Å². The van der Waals surface area contributed by atoms with Gasteiger partial charge < -0.3 is 14.2 Å². The number of fused-ring (bicyclic) bond motifs is 2. The number of rotatable bonds is 2. The smallest absolute Gasteiger partial charge is 0.139 e.